The third-order valence-corrected chi connectivity index (χ3v) is 6.70. The Labute approximate surface area is 198 Å². The summed E-state index contributed by atoms with van der Waals surface area (Å²) in [6.07, 6.45) is 4.01. The highest BCUT2D eigenvalue weighted by Crippen LogP contribution is 2.23. The van der Waals surface area contributed by atoms with E-state index in [2.05, 4.69) is 11.0 Å². The lowest BCUT2D eigenvalue weighted by molar-refractivity contribution is -0.133. The number of piperazine rings is 1. The van der Waals surface area contributed by atoms with Crippen LogP contribution in [0.1, 0.15) is 25.1 Å². The van der Waals surface area contributed by atoms with Crippen LogP contribution >= 0.6 is 0 Å². The molecule has 0 bridgehead atoms. The van der Waals surface area contributed by atoms with Gasteiger partial charge in [-0.05, 0) is 43.2 Å². The van der Waals surface area contributed by atoms with Crippen molar-refractivity contribution in [2.45, 2.75) is 32.2 Å². The van der Waals surface area contributed by atoms with Crippen molar-refractivity contribution >= 4 is 22.5 Å². The van der Waals surface area contributed by atoms with Gasteiger partial charge in [0.2, 0.25) is 0 Å². The van der Waals surface area contributed by atoms with Crippen LogP contribution in [0.2, 0.25) is 0 Å². The molecule has 2 aliphatic rings. The molecule has 2 aliphatic heterocycles. The van der Waals surface area contributed by atoms with Gasteiger partial charge in [-0.2, -0.15) is 0 Å². The highest BCUT2D eigenvalue weighted by atomic mass is 16.5. The van der Waals surface area contributed by atoms with E-state index in [1.165, 1.54) is 0 Å². The third-order valence-electron chi connectivity index (χ3n) is 6.70. The molecule has 1 aromatic heterocycles. The quantitative estimate of drug-likeness (QED) is 0.580. The molecular formula is C26H30N4O4. The SMILES string of the molecule is COc1cccc(N2CCN(C(=O)COc3ccc4nc5n(c(=O)c4c3)CCCCC5)CC2)c1. The number of nitrogens with zero attached hydrogens (tertiary/aromatic N) is 4. The summed E-state index contributed by atoms with van der Waals surface area (Å²) in [7, 11) is 1.66. The van der Waals surface area contributed by atoms with Gasteiger partial charge in [-0.25, -0.2) is 4.98 Å². The van der Waals surface area contributed by atoms with E-state index in [4.69, 9.17) is 14.5 Å². The fourth-order valence-electron chi connectivity index (χ4n) is 4.74. The second-order valence-electron chi connectivity index (χ2n) is 8.83. The Balaban J connectivity index is 1.21. The molecule has 1 amide bonds. The van der Waals surface area contributed by atoms with Crippen molar-refractivity contribution in [1.29, 1.82) is 0 Å². The zero-order valence-electron chi connectivity index (χ0n) is 19.5. The van der Waals surface area contributed by atoms with Gasteiger partial charge in [0.25, 0.3) is 11.5 Å². The lowest BCUT2D eigenvalue weighted by Gasteiger charge is -2.36. The molecule has 178 valence electrons. The fraction of sp³-hybridized carbons (Fsp3) is 0.423. The van der Waals surface area contributed by atoms with Crippen LogP contribution in [0.3, 0.4) is 0 Å². The zero-order chi connectivity index (χ0) is 23.5. The van der Waals surface area contributed by atoms with Crippen LogP contribution in [0.4, 0.5) is 5.69 Å². The molecule has 0 spiro atoms. The maximum atomic E-state index is 13.0. The first kappa shape index (κ1) is 22.3. The van der Waals surface area contributed by atoms with Crippen LogP contribution in [-0.4, -0.2) is 60.3 Å². The maximum Gasteiger partial charge on any atom is 0.261 e. The van der Waals surface area contributed by atoms with E-state index in [0.29, 0.717) is 36.3 Å². The Bertz CT molecular complexity index is 1250. The van der Waals surface area contributed by atoms with Gasteiger partial charge in [-0.15, -0.1) is 0 Å². The molecule has 0 unspecified atom stereocenters. The molecule has 0 atom stereocenters. The number of hydrogen-bond acceptors (Lipinski definition) is 6. The molecule has 0 saturated carbocycles. The molecule has 3 aromatic rings. The van der Waals surface area contributed by atoms with E-state index in [1.807, 2.05) is 29.2 Å². The minimum absolute atomic E-state index is 0.0210. The summed E-state index contributed by atoms with van der Waals surface area (Å²) in [5.74, 6) is 2.16. The summed E-state index contributed by atoms with van der Waals surface area (Å²) in [5.41, 5.74) is 1.76. The van der Waals surface area contributed by atoms with Crippen molar-refractivity contribution in [1.82, 2.24) is 14.5 Å². The van der Waals surface area contributed by atoms with Gasteiger partial charge in [-0.3, -0.25) is 14.2 Å². The van der Waals surface area contributed by atoms with Crippen molar-refractivity contribution in [2.75, 3.05) is 44.8 Å². The van der Waals surface area contributed by atoms with Gasteiger partial charge in [-0.1, -0.05) is 12.5 Å². The molecule has 1 fully saturated rings. The van der Waals surface area contributed by atoms with Crippen molar-refractivity contribution in [3.8, 4) is 11.5 Å². The molecule has 3 heterocycles. The van der Waals surface area contributed by atoms with Crippen LogP contribution in [0.15, 0.2) is 47.3 Å². The number of carbonyl (C=O) groups excluding carboxylic acids is 1. The Kier molecular flexibility index (Phi) is 6.38. The first-order valence-corrected chi connectivity index (χ1v) is 12.0. The first-order chi connectivity index (χ1) is 16.6. The molecule has 5 rings (SSSR count). The number of rotatable bonds is 5. The number of fused-ring (bicyclic) bond motifs is 2. The summed E-state index contributed by atoms with van der Waals surface area (Å²) in [5, 5.41) is 0.544. The van der Waals surface area contributed by atoms with E-state index in [-0.39, 0.29) is 18.1 Å². The second kappa shape index (κ2) is 9.75. The van der Waals surface area contributed by atoms with E-state index < -0.39 is 0 Å². The number of amides is 1. The van der Waals surface area contributed by atoms with E-state index in [1.54, 1.807) is 23.8 Å². The average Bonchev–Trinajstić information content (AvgIpc) is 3.13. The minimum atomic E-state index is -0.0536. The van der Waals surface area contributed by atoms with Gasteiger partial charge >= 0.3 is 0 Å². The average molecular weight is 463 g/mol. The lowest BCUT2D eigenvalue weighted by atomic mass is 10.2. The molecule has 1 saturated heterocycles. The molecular weight excluding hydrogens is 432 g/mol. The Morgan fingerprint density at radius 2 is 1.82 bits per heavy atom. The summed E-state index contributed by atoms with van der Waals surface area (Å²) in [6.45, 7) is 3.43. The van der Waals surface area contributed by atoms with Crippen LogP contribution in [-0.2, 0) is 17.8 Å². The van der Waals surface area contributed by atoms with Crippen molar-refractivity contribution in [3.05, 3.63) is 58.6 Å². The molecule has 8 nitrogen and oxygen atoms in total. The van der Waals surface area contributed by atoms with Crippen LogP contribution in [0.25, 0.3) is 10.9 Å². The number of methoxy groups -OCH3 is 1. The molecule has 34 heavy (non-hydrogen) atoms. The summed E-state index contributed by atoms with van der Waals surface area (Å²) in [4.78, 5) is 34.6. The normalized spacial score (nSPS) is 16.1. The van der Waals surface area contributed by atoms with Crippen LogP contribution < -0.4 is 19.9 Å². The Morgan fingerprint density at radius 1 is 0.971 bits per heavy atom. The number of hydrogen-bond donors (Lipinski definition) is 0. The number of benzene rings is 2. The molecule has 2 aromatic carbocycles. The fourth-order valence-corrected chi connectivity index (χ4v) is 4.74. The van der Waals surface area contributed by atoms with Gasteiger partial charge in [0, 0.05) is 50.9 Å². The number of aryl methyl sites for hydroxylation is 1. The standard InChI is InChI=1S/C26H30N4O4/c1-33-20-7-5-6-19(16-20)28-12-14-29(15-13-28)25(31)18-34-21-9-10-23-22(17-21)26(32)30-11-4-2-3-8-24(30)27-23/h5-7,9-10,16-17H,2-4,8,11-15,18H2,1H3. The number of ether oxygens (including phenoxy) is 2. The van der Waals surface area contributed by atoms with Crippen LogP contribution in [0.5, 0.6) is 11.5 Å². The molecule has 0 radical (unpaired) electrons. The van der Waals surface area contributed by atoms with Crippen molar-refractivity contribution < 1.29 is 14.3 Å². The zero-order valence-corrected chi connectivity index (χ0v) is 19.5. The van der Waals surface area contributed by atoms with Gasteiger partial charge in [0.05, 0.1) is 18.0 Å². The number of carbonyl (C=O) groups is 1. The largest absolute Gasteiger partial charge is 0.497 e. The number of anilines is 1. The Morgan fingerprint density at radius 3 is 2.65 bits per heavy atom. The minimum Gasteiger partial charge on any atom is -0.497 e. The van der Waals surface area contributed by atoms with E-state index in [0.717, 1.165) is 56.0 Å². The maximum absolute atomic E-state index is 13.0. The van der Waals surface area contributed by atoms with Crippen molar-refractivity contribution in [3.63, 3.8) is 0 Å². The van der Waals surface area contributed by atoms with Gasteiger partial charge in [0.15, 0.2) is 6.61 Å². The topological polar surface area (TPSA) is 76.9 Å². The van der Waals surface area contributed by atoms with Crippen molar-refractivity contribution in [2.24, 2.45) is 0 Å². The number of aromatic nitrogens is 2. The highest BCUT2D eigenvalue weighted by molar-refractivity contribution is 5.80. The second-order valence-corrected chi connectivity index (χ2v) is 8.83. The molecule has 0 N–H and O–H groups in total. The third kappa shape index (κ3) is 4.58. The predicted molar refractivity (Wildman–Crippen MR) is 131 cm³/mol. The summed E-state index contributed by atoms with van der Waals surface area (Å²) in [6, 6.07) is 13.3. The van der Waals surface area contributed by atoms with Crippen LogP contribution in [0, 0.1) is 0 Å². The van der Waals surface area contributed by atoms with Gasteiger partial charge in [0.1, 0.15) is 17.3 Å². The lowest BCUT2D eigenvalue weighted by Crippen LogP contribution is -2.50. The molecule has 0 aliphatic carbocycles. The van der Waals surface area contributed by atoms with Gasteiger partial charge < -0.3 is 19.3 Å². The predicted octanol–water partition coefficient (Wildman–Crippen LogP) is 2.86. The van der Waals surface area contributed by atoms with E-state index in [9.17, 15) is 9.59 Å². The Hall–Kier alpha value is -3.55. The van der Waals surface area contributed by atoms with E-state index >= 15 is 0 Å². The first-order valence-electron chi connectivity index (χ1n) is 12.0. The molecule has 8 heteroatoms. The monoisotopic (exact) mass is 462 g/mol. The summed E-state index contributed by atoms with van der Waals surface area (Å²) < 4.78 is 12.9. The highest BCUT2D eigenvalue weighted by Gasteiger charge is 2.22. The summed E-state index contributed by atoms with van der Waals surface area (Å²) >= 11 is 0. The smallest absolute Gasteiger partial charge is 0.261 e.